The van der Waals surface area contributed by atoms with Gasteiger partial charge in [0.1, 0.15) is 0 Å². The van der Waals surface area contributed by atoms with Crippen LogP contribution in [0, 0.1) is 0 Å². The molecule has 1 amide bonds. The maximum atomic E-state index is 12.8. The van der Waals surface area contributed by atoms with Crippen molar-refractivity contribution >= 4 is 28.4 Å². The summed E-state index contributed by atoms with van der Waals surface area (Å²) in [6, 6.07) is 18.5. The molecule has 0 saturated carbocycles. The maximum Gasteiger partial charge on any atom is 0.267 e. The van der Waals surface area contributed by atoms with Crippen LogP contribution in [0.4, 0.5) is 0 Å². The highest BCUT2D eigenvalue weighted by Crippen LogP contribution is 2.25. The molecule has 0 aliphatic carbocycles. The molecular formula is C24H21ClN4O2. The van der Waals surface area contributed by atoms with E-state index in [-0.39, 0.29) is 17.5 Å². The van der Waals surface area contributed by atoms with Gasteiger partial charge in [-0.1, -0.05) is 41.9 Å². The van der Waals surface area contributed by atoms with Crippen LogP contribution >= 0.6 is 11.6 Å². The van der Waals surface area contributed by atoms with Crippen LogP contribution in [-0.2, 0) is 18.3 Å². The number of rotatable bonds is 4. The van der Waals surface area contributed by atoms with Gasteiger partial charge in [0.25, 0.3) is 5.56 Å². The monoisotopic (exact) mass is 432 g/mol. The number of aromatic nitrogens is 3. The van der Waals surface area contributed by atoms with Crippen molar-refractivity contribution < 1.29 is 4.79 Å². The predicted octanol–water partition coefficient (Wildman–Crippen LogP) is 3.68. The Morgan fingerprint density at radius 3 is 2.58 bits per heavy atom. The molecule has 2 aromatic heterocycles. The molecule has 4 aromatic rings. The molecule has 1 aliphatic heterocycles. The zero-order valence-corrected chi connectivity index (χ0v) is 17.8. The van der Waals surface area contributed by atoms with Gasteiger partial charge in [-0.3, -0.25) is 9.59 Å². The summed E-state index contributed by atoms with van der Waals surface area (Å²) < 4.78 is 3.54. The number of nitrogens with zero attached hydrogens (tertiary/aromatic N) is 4. The first-order valence-electron chi connectivity index (χ1n) is 10.2. The van der Waals surface area contributed by atoms with E-state index >= 15 is 0 Å². The lowest BCUT2D eigenvalue weighted by Gasteiger charge is -2.39. The fourth-order valence-corrected chi connectivity index (χ4v) is 4.24. The number of carbonyl (C=O) groups is 1. The van der Waals surface area contributed by atoms with Crippen molar-refractivity contribution in [3.8, 4) is 11.3 Å². The van der Waals surface area contributed by atoms with Crippen LogP contribution in [0.25, 0.3) is 22.2 Å². The second-order valence-electron chi connectivity index (χ2n) is 7.92. The molecule has 0 unspecified atom stereocenters. The molecule has 0 bridgehead atoms. The van der Waals surface area contributed by atoms with Crippen LogP contribution in [-0.4, -0.2) is 38.2 Å². The van der Waals surface area contributed by atoms with Crippen molar-refractivity contribution in [1.29, 1.82) is 0 Å². The van der Waals surface area contributed by atoms with Crippen LogP contribution in [0.2, 0.25) is 5.02 Å². The summed E-state index contributed by atoms with van der Waals surface area (Å²) >= 11 is 5.96. The molecule has 0 N–H and O–H groups in total. The Morgan fingerprint density at radius 2 is 1.81 bits per heavy atom. The molecule has 31 heavy (non-hydrogen) atoms. The first kappa shape index (κ1) is 19.6. The molecule has 156 valence electrons. The van der Waals surface area contributed by atoms with Crippen molar-refractivity contribution in [2.24, 2.45) is 7.05 Å². The standard InChI is InChI=1S/C24H21ClN4O2/c1-27-13-17(20-4-2-3-5-22(20)27)12-24(31)28-14-19(15-28)29-23(30)11-10-21(26-29)16-6-8-18(25)9-7-16/h2-11,13,19H,12,14-15H2,1H3. The van der Waals surface area contributed by atoms with Crippen LogP contribution in [0.3, 0.4) is 0 Å². The molecule has 0 radical (unpaired) electrons. The number of para-hydroxylation sites is 1. The van der Waals surface area contributed by atoms with Gasteiger partial charge in [0, 0.05) is 53.9 Å². The van der Waals surface area contributed by atoms with Crippen molar-refractivity contribution in [3.63, 3.8) is 0 Å². The zero-order valence-electron chi connectivity index (χ0n) is 17.0. The third kappa shape index (κ3) is 3.64. The third-order valence-electron chi connectivity index (χ3n) is 5.85. The smallest absolute Gasteiger partial charge is 0.267 e. The van der Waals surface area contributed by atoms with Crippen LogP contribution < -0.4 is 5.56 Å². The Balaban J connectivity index is 1.30. The molecule has 0 spiro atoms. The van der Waals surface area contributed by atoms with Gasteiger partial charge < -0.3 is 9.47 Å². The maximum absolute atomic E-state index is 12.8. The van der Waals surface area contributed by atoms with Gasteiger partial charge in [0.05, 0.1) is 18.2 Å². The van der Waals surface area contributed by atoms with Gasteiger partial charge in [-0.05, 0) is 29.8 Å². The molecule has 1 saturated heterocycles. The summed E-state index contributed by atoms with van der Waals surface area (Å²) in [5, 5.41) is 6.29. The van der Waals surface area contributed by atoms with Crippen LogP contribution in [0.15, 0.2) is 71.7 Å². The first-order valence-corrected chi connectivity index (χ1v) is 10.5. The van der Waals surface area contributed by atoms with Crippen LogP contribution in [0.5, 0.6) is 0 Å². The third-order valence-corrected chi connectivity index (χ3v) is 6.10. The summed E-state index contributed by atoms with van der Waals surface area (Å²) in [5.74, 6) is 0.0644. The molecular weight excluding hydrogens is 412 g/mol. The van der Waals surface area contributed by atoms with Gasteiger partial charge in [0.15, 0.2) is 0 Å². The number of benzene rings is 2. The predicted molar refractivity (Wildman–Crippen MR) is 121 cm³/mol. The fraction of sp³-hybridized carbons (Fsp3) is 0.208. The molecule has 7 heteroatoms. The van der Waals surface area contributed by atoms with E-state index in [4.69, 9.17) is 11.6 Å². The number of likely N-dealkylation sites (tertiary alicyclic amines) is 1. The topological polar surface area (TPSA) is 60.1 Å². The van der Waals surface area contributed by atoms with E-state index in [1.54, 1.807) is 23.1 Å². The number of hydrogen-bond acceptors (Lipinski definition) is 3. The molecule has 5 rings (SSSR count). The summed E-state index contributed by atoms with van der Waals surface area (Å²) in [5.41, 5.74) is 3.56. The average molecular weight is 433 g/mol. The second kappa shape index (κ2) is 7.71. The van der Waals surface area contributed by atoms with Crippen LogP contribution in [0.1, 0.15) is 11.6 Å². The average Bonchev–Trinajstić information content (AvgIpc) is 3.04. The van der Waals surface area contributed by atoms with E-state index in [0.717, 1.165) is 22.0 Å². The largest absolute Gasteiger partial charge is 0.350 e. The summed E-state index contributed by atoms with van der Waals surface area (Å²) in [6.45, 7) is 0.973. The highest BCUT2D eigenvalue weighted by Gasteiger charge is 2.33. The van der Waals surface area contributed by atoms with E-state index in [1.807, 2.05) is 48.1 Å². The summed E-state index contributed by atoms with van der Waals surface area (Å²) in [4.78, 5) is 27.0. The molecule has 3 heterocycles. The molecule has 1 aliphatic rings. The minimum Gasteiger partial charge on any atom is -0.350 e. The lowest BCUT2D eigenvalue weighted by atomic mass is 10.1. The van der Waals surface area contributed by atoms with Gasteiger partial charge >= 0.3 is 0 Å². The minimum absolute atomic E-state index is 0.0644. The molecule has 0 atom stereocenters. The fourth-order valence-electron chi connectivity index (χ4n) is 4.12. The number of hydrogen-bond donors (Lipinski definition) is 0. The molecule has 1 fully saturated rings. The Hall–Kier alpha value is -3.38. The first-order chi connectivity index (χ1) is 15.0. The van der Waals surface area contributed by atoms with E-state index in [9.17, 15) is 9.59 Å². The van der Waals surface area contributed by atoms with Gasteiger partial charge in [0.2, 0.25) is 5.91 Å². The quantitative estimate of drug-likeness (QED) is 0.494. The number of fused-ring (bicyclic) bond motifs is 1. The number of halogens is 1. The second-order valence-corrected chi connectivity index (χ2v) is 8.36. The number of aryl methyl sites for hydroxylation is 1. The van der Waals surface area contributed by atoms with Crippen molar-refractivity contribution in [2.45, 2.75) is 12.5 Å². The van der Waals surface area contributed by atoms with Crippen molar-refractivity contribution in [2.75, 3.05) is 13.1 Å². The molecule has 2 aromatic carbocycles. The highest BCUT2D eigenvalue weighted by molar-refractivity contribution is 6.30. The number of amides is 1. The number of carbonyl (C=O) groups excluding carboxylic acids is 1. The highest BCUT2D eigenvalue weighted by atomic mass is 35.5. The van der Waals surface area contributed by atoms with E-state index in [0.29, 0.717) is 30.2 Å². The Bertz CT molecular complexity index is 1330. The van der Waals surface area contributed by atoms with Gasteiger partial charge in [-0.2, -0.15) is 5.10 Å². The Morgan fingerprint density at radius 1 is 1.06 bits per heavy atom. The molecule has 6 nitrogen and oxygen atoms in total. The van der Waals surface area contributed by atoms with Crippen molar-refractivity contribution in [1.82, 2.24) is 19.2 Å². The lowest BCUT2D eigenvalue weighted by molar-refractivity contribution is -0.136. The normalized spacial score (nSPS) is 14.1. The van der Waals surface area contributed by atoms with Crippen molar-refractivity contribution in [3.05, 3.63) is 87.8 Å². The van der Waals surface area contributed by atoms with E-state index < -0.39 is 0 Å². The SMILES string of the molecule is Cn1cc(CC(=O)N2CC(n3nc(-c4ccc(Cl)cc4)ccc3=O)C2)c2ccccc21. The van der Waals surface area contributed by atoms with Gasteiger partial charge in [-0.25, -0.2) is 4.68 Å². The van der Waals surface area contributed by atoms with Gasteiger partial charge in [-0.15, -0.1) is 0 Å². The minimum atomic E-state index is -0.163. The Labute approximate surface area is 184 Å². The van der Waals surface area contributed by atoms with E-state index in [1.165, 1.54) is 10.7 Å². The Kier molecular flexibility index (Phi) is 4.87. The lowest BCUT2D eigenvalue weighted by Crippen LogP contribution is -2.53. The zero-order chi connectivity index (χ0) is 21.5. The van der Waals surface area contributed by atoms with E-state index in [2.05, 4.69) is 11.2 Å². The summed E-state index contributed by atoms with van der Waals surface area (Å²) in [6.07, 6.45) is 2.36. The summed E-state index contributed by atoms with van der Waals surface area (Å²) in [7, 11) is 1.99.